The first-order valence-electron chi connectivity index (χ1n) is 15.5. The van der Waals surface area contributed by atoms with Crippen molar-refractivity contribution in [2.45, 2.75) is 50.6 Å². The third-order valence-electron chi connectivity index (χ3n) is 7.51. The van der Waals surface area contributed by atoms with Crippen molar-refractivity contribution in [1.29, 1.82) is 5.26 Å². The highest BCUT2D eigenvalue weighted by molar-refractivity contribution is 5.96. The van der Waals surface area contributed by atoms with Gasteiger partial charge in [0.15, 0.2) is 6.17 Å². The third kappa shape index (κ3) is 9.87. The van der Waals surface area contributed by atoms with Crippen LogP contribution in [0.4, 0.5) is 0 Å². The number of likely N-dealkylation sites (N-methyl/N-ethyl adjacent to an activating group) is 1. The van der Waals surface area contributed by atoms with Crippen molar-refractivity contribution in [3.8, 4) is 28.7 Å². The average Bonchev–Trinajstić information content (AvgIpc) is 3.07. The van der Waals surface area contributed by atoms with Gasteiger partial charge in [0.25, 0.3) is 0 Å². The molecule has 4 bridgehead atoms. The normalized spacial score (nSPS) is 18.7. The molecule has 0 radical (unpaired) electrons. The molecule has 3 rings (SSSR count). The standard InChI is InChI=1S/C32H43N9O8/c1-17-29(44)39-23(30(45)40-27(36)15-35)13-19-4-6-25(48-10-8-33)21(12-19)22-14-20(5-7-26(22)49-11-9-34)28(31(46)37-17)41(3)32(47)24(16-42)38-18(2)43/h4-7,12,14,17,23-24,27-28,42H,8-11,13,16,33-34,36H2,1-3H3,(H,37,46)(H,38,43)(H,39,44)(H,40,45)/t17-,23-,24-,27+,28-/m0/s1. The maximum absolute atomic E-state index is 14.0. The van der Waals surface area contributed by atoms with Crippen LogP contribution < -0.4 is 47.9 Å². The molecule has 17 nitrogen and oxygen atoms in total. The second-order valence-corrected chi connectivity index (χ2v) is 11.3. The van der Waals surface area contributed by atoms with E-state index in [9.17, 15) is 29.1 Å². The van der Waals surface area contributed by atoms with E-state index in [0.29, 0.717) is 28.2 Å². The van der Waals surface area contributed by atoms with Gasteiger partial charge in [0, 0.05) is 44.6 Å². The van der Waals surface area contributed by atoms with Gasteiger partial charge in [-0.15, -0.1) is 0 Å². The topological polar surface area (TPSA) is 277 Å². The Morgan fingerprint density at radius 3 is 2.20 bits per heavy atom. The van der Waals surface area contributed by atoms with E-state index >= 15 is 0 Å². The molecule has 264 valence electrons. The Morgan fingerprint density at radius 1 is 1.02 bits per heavy atom. The Labute approximate surface area is 283 Å². The van der Waals surface area contributed by atoms with Gasteiger partial charge in [0.2, 0.25) is 29.5 Å². The van der Waals surface area contributed by atoms with Crippen molar-refractivity contribution < 1.29 is 38.6 Å². The number of aliphatic hydroxyl groups excluding tert-OH is 1. The van der Waals surface area contributed by atoms with Gasteiger partial charge in [-0.3, -0.25) is 29.7 Å². The molecule has 1 aliphatic heterocycles. The number of fused-ring (bicyclic) bond motifs is 5. The smallest absolute Gasteiger partial charge is 0.248 e. The van der Waals surface area contributed by atoms with E-state index in [1.807, 2.05) is 0 Å². The number of hydrogen-bond acceptors (Lipinski definition) is 12. The summed E-state index contributed by atoms with van der Waals surface area (Å²) in [6, 6.07) is 6.32. The highest BCUT2D eigenvalue weighted by atomic mass is 16.5. The van der Waals surface area contributed by atoms with Crippen LogP contribution in [0, 0.1) is 11.3 Å². The maximum atomic E-state index is 14.0. The molecule has 0 spiro atoms. The summed E-state index contributed by atoms with van der Waals surface area (Å²) in [6.45, 7) is 2.47. The van der Waals surface area contributed by atoms with Crippen molar-refractivity contribution in [3.63, 3.8) is 0 Å². The molecule has 2 aromatic carbocycles. The molecule has 0 fully saturated rings. The number of carbonyl (C=O) groups is 5. The molecule has 49 heavy (non-hydrogen) atoms. The molecular formula is C32H43N9O8. The maximum Gasteiger partial charge on any atom is 0.248 e. The van der Waals surface area contributed by atoms with Crippen LogP contribution in [0.25, 0.3) is 11.1 Å². The number of amides is 5. The molecule has 5 amide bonds. The van der Waals surface area contributed by atoms with E-state index < -0.39 is 66.5 Å². The summed E-state index contributed by atoms with van der Waals surface area (Å²) < 4.78 is 11.9. The highest BCUT2D eigenvalue weighted by Crippen LogP contribution is 2.40. The summed E-state index contributed by atoms with van der Waals surface area (Å²) in [5.74, 6) is -2.93. The van der Waals surface area contributed by atoms with Crippen LogP contribution in [0.15, 0.2) is 36.4 Å². The zero-order chi connectivity index (χ0) is 36.2. The molecule has 11 N–H and O–H groups in total. The molecule has 0 saturated heterocycles. The van der Waals surface area contributed by atoms with Crippen LogP contribution in [0.5, 0.6) is 11.5 Å². The number of hydrogen-bond donors (Lipinski definition) is 8. The third-order valence-corrected chi connectivity index (χ3v) is 7.51. The van der Waals surface area contributed by atoms with Crippen molar-refractivity contribution in [3.05, 3.63) is 47.5 Å². The number of nitrogens with two attached hydrogens (primary N) is 3. The van der Waals surface area contributed by atoms with Gasteiger partial charge in [0.1, 0.15) is 54.9 Å². The number of ether oxygens (including phenoxy) is 2. The van der Waals surface area contributed by atoms with Gasteiger partial charge in [0.05, 0.1) is 6.61 Å². The fourth-order valence-corrected chi connectivity index (χ4v) is 5.17. The fraction of sp³-hybridized carbons (Fsp3) is 0.438. The minimum Gasteiger partial charge on any atom is -0.492 e. The average molecular weight is 682 g/mol. The van der Waals surface area contributed by atoms with Gasteiger partial charge in [-0.2, -0.15) is 5.26 Å². The first-order chi connectivity index (χ1) is 23.3. The summed E-state index contributed by atoms with van der Waals surface area (Å²) in [5, 5.41) is 29.0. The molecule has 17 heteroatoms. The predicted octanol–water partition coefficient (Wildman–Crippen LogP) is -2.50. The fourth-order valence-electron chi connectivity index (χ4n) is 5.17. The van der Waals surface area contributed by atoms with E-state index in [1.54, 1.807) is 42.5 Å². The number of nitrogens with zero attached hydrogens (tertiary/aromatic N) is 2. The minimum absolute atomic E-state index is 0.0508. The summed E-state index contributed by atoms with van der Waals surface area (Å²) in [5.41, 5.74) is 18.8. The number of aliphatic hydroxyl groups is 1. The summed E-state index contributed by atoms with van der Waals surface area (Å²) in [6.07, 6.45) is -1.40. The molecule has 1 heterocycles. The lowest BCUT2D eigenvalue weighted by molar-refractivity contribution is -0.143. The van der Waals surface area contributed by atoms with E-state index in [-0.39, 0.29) is 38.3 Å². The molecule has 5 atom stereocenters. The highest BCUT2D eigenvalue weighted by Gasteiger charge is 2.35. The van der Waals surface area contributed by atoms with Crippen LogP contribution in [-0.4, -0.2) is 104 Å². The minimum atomic E-state index is -1.40. The van der Waals surface area contributed by atoms with Crippen molar-refractivity contribution in [2.24, 2.45) is 17.2 Å². The van der Waals surface area contributed by atoms with E-state index in [1.165, 1.54) is 20.9 Å². The predicted molar refractivity (Wildman–Crippen MR) is 176 cm³/mol. The Morgan fingerprint density at radius 2 is 1.63 bits per heavy atom. The summed E-state index contributed by atoms with van der Waals surface area (Å²) >= 11 is 0. The first kappa shape index (κ1) is 38.2. The van der Waals surface area contributed by atoms with E-state index in [4.69, 9.17) is 31.9 Å². The van der Waals surface area contributed by atoms with Gasteiger partial charge >= 0.3 is 0 Å². The zero-order valence-electron chi connectivity index (χ0n) is 27.5. The molecule has 1 aliphatic rings. The molecule has 0 aliphatic carbocycles. The molecule has 0 unspecified atom stereocenters. The van der Waals surface area contributed by atoms with Gasteiger partial charge in [-0.1, -0.05) is 12.1 Å². The second-order valence-electron chi connectivity index (χ2n) is 11.3. The largest absolute Gasteiger partial charge is 0.492 e. The first-order valence-corrected chi connectivity index (χ1v) is 15.5. The second kappa shape index (κ2) is 17.8. The Kier molecular flexibility index (Phi) is 13.8. The van der Waals surface area contributed by atoms with Crippen molar-refractivity contribution >= 4 is 29.5 Å². The Hall–Kier alpha value is -5.28. The Balaban J connectivity index is 2.31. The molecule has 2 aromatic rings. The number of rotatable bonds is 12. The number of nitrogens with one attached hydrogen (secondary N) is 4. The molecule has 0 saturated carbocycles. The lowest BCUT2D eigenvalue weighted by Gasteiger charge is -2.32. The summed E-state index contributed by atoms with van der Waals surface area (Å²) in [7, 11) is 1.32. The monoisotopic (exact) mass is 681 g/mol. The number of nitriles is 1. The van der Waals surface area contributed by atoms with Crippen LogP contribution in [0.3, 0.4) is 0 Å². The van der Waals surface area contributed by atoms with Gasteiger partial charge < -0.3 is 52.2 Å². The van der Waals surface area contributed by atoms with Crippen molar-refractivity contribution in [1.82, 2.24) is 26.2 Å². The zero-order valence-corrected chi connectivity index (χ0v) is 27.5. The molecular weight excluding hydrogens is 638 g/mol. The SMILES string of the molecule is CC(=O)N[C@@H](CO)C(=O)N(C)[C@@H]1C(=O)N[C@@H](C)C(=O)N[C@H](C(=O)N[C@@H](N)C#N)Cc2ccc(OCCN)c(c2)-c2cc1ccc2OCCN. The van der Waals surface area contributed by atoms with Crippen molar-refractivity contribution in [2.75, 3.05) is 40.0 Å². The van der Waals surface area contributed by atoms with Gasteiger partial charge in [-0.05, 0) is 42.3 Å². The lowest BCUT2D eigenvalue weighted by atomic mass is 9.93. The van der Waals surface area contributed by atoms with Crippen LogP contribution in [0.1, 0.15) is 31.0 Å². The van der Waals surface area contributed by atoms with Crippen LogP contribution in [0.2, 0.25) is 0 Å². The molecule has 0 aromatic heterocycles. The van der Waals surface area contributed by atoms with Gasteiger partial charge in [-0.25, -0.2) is 0 Å². The van der Waals surface area contributed by atoms with Crippen LogP contribution in [-0.2, 0) is 30.4 Å². The van der Waals surface area contributed by atoms with E-state index in [0.717, 1.165) is 4.90 Å². The summed E-state index contributed by atoms with van der Waals surface area (Å²) in [4.78, 5) is 67.0. The number of carbonyl (C=O) groups excluding carboxylic acids is 5. The quantitative estimate of drug-likeness (QED) is 0.108. The van der Waals surface area contributed by atoms with E-state index in [2.05, 4.69) is 21.3 Å². The van der Waals surface area contributed by atoms with Crippen LogP contribution >= 0.6 is 0 Å². The Bertz CT molecular complexity index is 1580. The lowest BCUT2D eigenvalue weighted by Crippen LogP contribution is -2.57. The number of benzene rings is 2.